The molecule has 1 aromatic carbocycles. The summed E-state index contributed by atoms with van der Waals surface area (Å²) in [7, 11) is 1.64. The first-order valence-electron chi connectivity index (χ1n) is 9.88. The second kappa shape index (κ2) is 9.63. The highest BCUT2D eigenvalue weighted by molar-refractivity contribution is 7.10. The highest BCUT2D eigenvalue weighted by Gasteiger charge is 2.34. The van der Waals surface area contributed by atoms with Crippen molar-refractivity contribution in [2.45, 2.75) is 38.1 Å². The van der Waals surface area contributed by atoms with Crippen LogP contribution in [-0.2, 0) is 16.0 Å². The maximum absolute atomic E-state index is 13.3. The van der Waals surface area contributed by atoms with Gasteiger partial charge in [0.2, 0.25) is 11.8 Å². The molecule has 0 saturated heterocycles. The lowest BCUT2D eigenvalue weighted by Crippen LogP contribution is -2.48. The number of halogens is 1. The van der Waals surface area contributed by atoms with Gasteiger partial charge >= 0.3 is 0 Å². The Labute approximate surface area is 181 Å². The molecule has 2 unspecified atom stereocenters. The Kier molecular flexibility index (Phi) is 7.19. The number of alkyl halides is 1. The average Bonchev–Trinajstić information content (AvgIpc) is 3.21. The molecule has 0 spiro atoms. The molecule has 0 aliphatic carbocycles. The number of rotatable bonds is 7. The summed E-state index contributed by atoms with van der Waals surface area (Å²) in [6, 6.07) is 9.79. The molecule has 0 bridgehead atoms. The maximum atomic E-state index is 13.3. The van der Waals surface area contributed by atoms with Gasteiger partial charge in [0, 0.05) is 18.0 Å². The summed E-state index contributed by atoms with van der Waals surface area (Å²) in [5, 5.41) is 1.44. The van der Waals surface area contributed by atoms with Crippen molar-refractivity contribution in [1.82, 2.24) is 9.80 Å². The van der Waals surface area contributed by atoms with Crippen LogP contribution < -0.4 is 4.74 Å². The van der Waals surface area contributed by atoms with Crippen molar-refractivity contribution in [1.29, 1.82) is 0 Å². The van der Waals surface area contributed by atoms with Gasteiger partial charge in [0.15, 0.2) is 0 Å². The lowest BCUT2D eigenvalue weighted by atomic mass is 9.93. The van der Waals surface area contributed by atoms with Gasteiger partial charge in [-0.1, -0.05) is 19.1 Å². The molecule has 2 amide bonds. The number of carbonyl (C=O) groups is 2. The van der Waals surface area contributed by atoms with Gasteiger partial charge in [0.25, 0.3) is 0 Å². The number of amides is 2. The Morgan fingerprint density at radius 3 is 2.66 bits per heavy atom. The number of hydrogen-bond acceptors (Lipinski definition) is 4. The minimum Gasteiger partial charge on any atom is -0.497 e. The first-order chi connectivity index (χ1) is 14.0. The molecule has 5 nitrogen and oxygen atoms in total. The first kappa shape index (κ1) is 21.7. The molecule has 1 aliphatic rings. The van der Waals surface area contributed by atoms with Crippen molar-refractivity contribution in [3.8, 4) is 5.75 Å². The van der Waals surface area contributed by atoms with E-state index in [2.05, 4.69) is 11.4 Å². The summed E-state index contributed by atoms with van der Waals surface area (Å²) in [5.74, 6) is 0.529. The molecule has 2 heterocycles. The normalized spacial score (nSPS) is 16.8. The minimum absolute atomic E-state index is 0.0514. The van der Waals surface area contributed by atoms with E-state index in [-0.39, 0.29) is 24.4 Å². The van der Waals surface area contributed by atoms with Crippen molar-refractivity contribution in [2.24, 2.45) is 0 Å². The SMILES string of the molecule is CCCN(CC(=O)N1CCc2sccc2C1c1ccc(OC)cc1)C(=O)C(C)Cl. The van der Waals surface area contributed by atoms with E-state index in [0.717, 1.165) is 24.2 Å². The van der Waals surface area contributed by atoms with E-state index in [4.69, 9.17) is 16.3 Å². The molecule has 2 aromatic rings. The van der Waals surface area contributed by atoms with Gasteiger partial charge in [0.05, 0.1) is 19.7 Å². The quantitative estimate of drug-likeness (QED) is 0.616. The fraction of sp³-hybridized carbons (Fsp3) is 0.455. The van der Waals surface area contributed by atoms with Crippen molar-refractivity contribution in [3.05, 3.63) is 51.7 Å². The summed E-state index contributed by atoms with van der Waals surface area (Å²) >= 11 is 7.74. The predicted molar refractivity (Wildman–Crippen MR) is 117 cm³/mol. The van der Waals surface area contributed by atoms with Crippen LogP contribution in [0.2, 0.25) is 0 Å². The fourth-order valence-corrected chi connectivity index (χ4v) is 4.82. The highest BCUT2D eigenvalue weighted by Crippen LogP contribution is 2.38. The number of thiophene rings is 1. The zero-order chi connectivity index (χ0) is 21.0. The zero-order valence-corrected chi connectivity index (χ0v) is 18.6. The van der Waals surface area contributed by atoms with Crippen molar-refractivity contribution >= 4 is 34.8 Å². The topological polar surface area (TPSA) is 49.9 Å². The number of methoxy groups -OCH3 is 1. The van der Waals surface area contributed by atoms with E-state index in [1.165, 1.54) is 10.4 Å². The van der Waals surface area contributed by atoms with Crippen LogP contribution in [0.4, 0.5) is 0 Å². The smallest absolute Gasteiger partial charge is 0.242 e. The van der Waals surface area contributed by atoms with E-state index >= 15 is 0 Å². The molecule has 0 radical (unpaired) electrons. The molecule has 29 heavy (non-hydrogen) atoms. The fourth-order valence-electron chi connectivity index (χ4n) is 3.77. The molecule has 2 atom stereocenters. The molecule has 0 saturated carbocycles. The molecular formula is C22H27ClN2O3S. The summed E-state index contributed by atoms with van der Waals surface area (Å²) in [6.07, 6.45) is 1.61. The average molecular weight is 435 g/mol. The molecule has 156 valence electrons. The van der Waals surface area contributed by atoms with Gasteiger partial charge in [-0.3, -0.25) is 9.59 Å². The molecule has 7 heteroatoms. The van der Waals surface area contributed by atoms with Crippen LogP contribution in [0.25, 0.3) is 0 Å². The van der Waals surface area contributed by atoms with Crippen LogP contribution >= 0.6 is 22.9 Å². The van der Waals surface area contributed by atoms with Crippen LogP contribution in [0, 0.1) is 0 Å². The Bertz CT molecular complexity index is 850. The number of ether oxygens (including phenoxy) is 1. The van der Waals surface area contributed by atoms with Gasteiger partial charge in [-0.25, -0.2) is 0 Å². The number of hydrogen-bond donors (Lipinski definition) is 0. The third-order valence-electron chi connectivity index (χ3n) is 5.19. The van der Waals surface area contributed by atoms with E-state index in [1.807, 2.05) is 36.1 Å². The lowest BCUT2D eigenvalue weighted by molar-refractivity contribution is -0.141. The van der Waals surface area contributed by atoms with Crippen LogP contribution in [-0.4, -0.2) is 53.7 Å². The van der Waals surface area contributed by atoms with E-state index in [0.29, 0.717) is 13.1 Å². The summed E-state index contributed by atoms with van der Waals surface area (Å²) in [6.45, 7) is 4.84. The van der Waals surface area contributed by atoms with Crippen molar-refractivity contribution < 1.29 is 14.3 Å². The number of benzene rings is 1. The molecule has 0 N–H and O–H groups in total. The Balaban J connectivity index is 1.89. The zero-order valence-electron chi connectivity index (χ0n) is 17.1. The van der Waals surface area contributed by atoms with Crippen LogP contribution in [0.1, 0.15) is 42.3 Å². The molecule has 1 aliphatic heterocycles. The molecule has 1 aromatic heterocycles. The Morgan fingerprint density at radius 2 is 2.03 bits per heavy atom. The predicted octanol–water partition coefficient (Wildman–Crippen LogP) is 4.10. The summed E-state index contributed by atoms with van der Waals surface area (Å²) in [4.78, 5) is 30.5. The number of carbonyl (C=O) groups excluding carboxylic acids is 2. The molecule has 3 rings (SSSR count). The largest absolute Gasteiger partial charge is 0.497 e. The maximum Gasteiger partial charge on any atom is 0.242 e. The minimum atomic E-state index is -0.642. The van der Waals surface area contributed by atoms with E-state index in [9.17, 15) is 9.59 Å². The van der Waals surface area contributed by atoms with Gasteiger partial charge in [-0.15, -0.1) is 22.9 Å². The summed E-state index contributed by atoms with van der Waals surface area (Å²) < 4.78 is 5.28. The molecular weight excluding hydrogens is 408 g/mol. The van der Waals surface area contributed by atoms with Crippen LogP contribution in [0.15, 0.2) is 35.7 Å². The Hall–Kier alpha value is -2.05. The summed E-state index contributed by atoms with van der Waals surface area (Å²) in [5.41, 5.74) is 2.21. The van der Waals surface area contributed by atoms with Gasteiger partial charge in [-0.2, -0.15) is 0 Å². The van der Waals surface area contributed by atoms with Gasteiger partial charge in [-0.05, 0) is 54.5 Å². The third kappa shape index (κ3) is 4.75. The monoisotopic (exact) mass is 434 g/mol. The van der Waals surface area contributed by atoms with Crippen molar-refractivity contribution in [2.75, 3.05) is 26.7 Å². The third-order valence-corrected chi connectivity index (χ3v) is 6.37. The first-order valence-corrected chi connectivity index (χ1v) is 11.2. The van der Waals surface area contributed by atoms with Gasteiger partial charge < -0.3 is 14.5 Å². The number of fused-ring (bicyclic) bond motifs is 1. The van der Waals surface area contributed by atoms with Crippen LogP contribution in [0.5, 0.6) is 5.75 Å². The van der Waals surface area contributed by atoms with Crippen molar-refractivity contribution in [3.63, 3.8) is 0 Å². The second-order valence-corrected chi connectivity index (χ2v) is 8.84. The Morgan fingerprint density at radius 1 is 1.31 bits per heavy atom. The van der Waals surface area contributed by atoms with Crippen LogP contribution in [0.3, 0.4) is 0 Å². The lowest BCUT2D eigenvalue weighted by Gasteiger charge is -2.37. The van der Waals surface area contributed by atoms with E-state index < -0.39 is 5.38 Å². The number of nitrogens with zero attached hydrogens (tertiary/aromatic N) is 2. The second-order valence-electron chi connectivity index (χ2n) is 7.19. The van der Waals surface area contributed by atoms with Gasteiger partial charge in [0.1, 0.15) is 11.1 Å². The highest BCUT2D eigenvalue weighted by atomic mass is 35.5. The van der Waals surface area contributed by atoms with E-state index in [1.54, 1.807) is 30.3 Å². The molecule has 0 fully saturated rings. The standard InChI is InChI=1S/C22H27ClN2O3S/c1-4-11-24(22(27)15(2)23)14-20(26)25-12-9-19-18(10-13-29-19)21(25)16-5-7-17(28-3)8-6-16/h5-8,10,13,15,21H,4,9,11-12,14H2,1-3H3.